The highest BCUT2D eigenvalue weighted by Gasteiger charge is 2.42. The van der Waals surface area contributed by atoms with Crippen LogP contribution in [0.3, 0.4) is 0 Å². The SMILES string of the molecule is C[C@H]1CS(=O)(=O)N(c2cccc(C(=O)NCCc3c[nH]c4ccccc34)c2)C1=O. The average Bonchev–Trinajstić information content (AvgIpc) is 3.19. The summed E-state index contributed by atoms with van der Waals surface area (Å²) in [7, 11) is -3.70. The van der Waals surface area contributed by atoms with Crippen LogP contribution in [-0.4, -0.2) is 37.5 Å². The molecule has 0 unspecified atom stereocenters. The zero-order valence-corrected chi connectivity index (χ0v) is 16.7. The molecule has 0 bridgehead atoms. The van der Waals surface area contributed by atoms with E-state index in [2.05, 4.69) is 10.3 Å². The molecule has 1 fully saturated rings. The summed E-state index contributed by atoms with van der Waals surface area (Å²) in [6, 6.07) is 14.1. The lowest BCUT2D eigenvalue weighted by Gasteiger charge is -2.16. The number of hydrogen-bond donors (Lipinski definition) is 2. The van der Waals surface area contributed by atoms with Crippen LogP contribution in [0, 0.1) is 5.92 Å². The second kappa shape index (κ2) is 7.36. The summed E-state index contributed by atoms with van der Waals surface area (Å²) in [5, 5.41) is 3.98. The van der Waals surface area contributed by atoms with Gasteiger partial charge in [0, 0.05) is 29.2 Å². The van der Waals surface area contributed by atoms with Crippen LogP contribution in [0.5, 0.6) is 0 Å². The smallest absolute Gasteiger partial charge is 0.251 e. The van der Waals surface area contributed by atoms with Crippen molar-refractivity contribution in [2.24, 2.45) is 5.92 Å². The lowest BCUT2D eigenvalue weighted by atomic mass is 10.1. The van der Waals surface area contributed by atoms with Gasteiger partial charge in [0.25, 0.3) is 5.91 Å². The number of carbonyl (C=O) groups excluding carboxylic acids is 2. The van der Waals surface area contributed by atoms with E-state index < -0.39 is 21.8 Å². The van der Waals surface area contributed by atoms with Crippen LogP contribution in [-0.2, 0) is 21.2 Å². The van der Waals surface area contributed by atoms with Crippen molar-refractivity contribution in [2.45, 2.75) is 13.3 Å². The van der Waals surface area contributed by atoms with E-state index in [4.69, 9.17) is 0 Å². The fourth-order valence-corrected chi connectivity index (χ4v) is 5.42. The average molecular weight is 411 g/mol. The van der Waals surface area contributed by atoms with Gasteiger partial charge in [0.05, 0.1) is 17.4 Å². The van der Waals surface area contributed by atoms with E-state index in [1.54, 1.807) is 19.1 Å². The zero-order valence-electron chi connectivity index (χ0n) is 15.9. The highest BCUT2D eigenvalue weighted by atomic mass is 32.2. The molecule has 3 aromatic rings. The maximum absolute atomic E-state index is 12.5. The number of para-hydroxylation sites is 1. The fraction of sp³-hybridized carbons (Fsp3) is 0.238. The Balaban J connectivity index is 1.46. The minimum absolute atomic E-state index is 0.198. The molecule has 7 nitrogen and oxygen atoms in total. The summed E-state index contributed by atoms with van der Waals surface area (Å²) in [6.45, 7) is 2.02. The van der Waals surface area contributed by atoms with Crippen LogP contribution in [0.15, 0.2) is 54.7 Å². The van der Waals surface area contributed by atoms with Gasteiger partial charge in [-0.05, 0) is 36.2 Å². The zero-order chi connectivity index (χ0) is 20.6. The standard InChI is InChI=1S/C21H21N3O4S/c1-14-13-29(27,28)24(21(14)26)17-6-4-5-15(11-17)20(25)22-10-9-16-12-23-19-8-3-2-7-18(16)19/h2-8,11-12,14,23H,9-10,13H2,1H3,(H,22,25)/t14-/m0/s1. The Morgan fingerprint density at radius 3 is 2.76 bits per heavy atom. The Labute approximate surface area is 168 Å². The van der Waals surface area contributed by atoms with Crippen molar-refractivity contribution in [3.8, 4) is 0 Å². The molecule has 1 aliphatic rings. The number of anilines is 1. The second-order valence-electron chi connectivity index (χ2n) is 7.20. The third-order valence-corrected chi connectivity index (χ3v) is 6.93. The van der Waals surface area contributed by atoms with Crippen LogP contribution >= 0.6 is 0 Å². The molecular weight excluding hydrogens is 390 g/mol. The molecule has 2 heterocycles. The van der Waals surface area contributed by atoms with E-state index in [-0.39, 0.29) is 17.3 Å². The summed E-state index contributed by atoms with van der Waals surface area (Å²) >= 11 is 0. The molecule has 8 heteroatoms. The van der Waals surface area contributed by atoms with Gasteiger partial charge in [-0.25, -0.2) is 12.7 Å². The second-order valence-corrected chi connectivity index (χ2v) is 9.06. The molecule has 4 rings (SSSR count). The van der Waals surface area contributed by atoms with E-state index in [9.17, 15) is 18.0 Å². The summed E-state index contributed by atoms with van der Waals surface area (Å²) < 4.78 is 25.4. The number of sulfonamides is 1. The Morgan fingerprint density at radius 2 is 2.00 bits per heavy atom. The van der Waals surface area contributed by atoms with Crippen molar-refractivity contribution < 1.29 is 18.0 Å². The van der Waals surface area contributed by atoms with Crippen molar-refractivity contribution in [3.05, 3.63) is 65.9 Å². The number of aromatic amines is 1. The number of aromatic nitrogens is 1. The van der Waals surface area contributed by atoms with Gasteiger partial charge >= 0.3 is 0 Å². The summed E-state index contributed by atoms with van der Waals surface area (Å²) in [5.74, 6) is -1.59. The number of fused-ring (bicyclic) bond motifs is 1. The number of H-pyrrole nitrogens is 1. The van der Waals surface area contributed by atoms with Crippen LogP contribution in [0.25, 0.3) is 10.9 Å². The van der Waals surface area contributed by atoms with Gasteiger partial charge in [0.2, 0.25) is 15.9 Å². The van der Waals surface area contributed by atoms with E-state index in [1.807, 2.05) is 30.5 Å². The first kappa shape index (κ1) is 19.2. The first-order valence-electron chi connectivity index (χ1n) is 9.37. The minimum atomic E-state index is -3.70. The largest absolute Gasteiger partial charge is 0.361 e. The van der Waals surface area contributed by atoms with E-state index in [0.717, 1.165) is 20.8 Å². The Bertz CT molecular complexity index is 1200. The molecule has 0 spiro atoms. The van der Waals surface area contributed by atoms with Gasteiger partial charge in [-0.1, -0.05) is 31.2 Å². The Kier molecular flexibility index (Phi) is 4.87. The quantitative estimate of drug-likeness (QED) is 0.674. The number of carbonyl (C=O) groups is 2. The number of benzene rings is 2. The van der Waals surface area contributed by atoms with Gasteiger partial charge in [-0.15, -0.1) is 0 Å². The van der Waals surface area contributed by atoms with Gasteiger partial charge in [-0.3, -0.25) is 9.59 Å². The van der Waals surface area contributed by atoms with E-state index in [0.29, 0.717) is 18.5 Å². The molecule has 29 heavy (non-hydrogen) atoms. The number of nitrogens with zero attached hydrogens (tertiary/aromatic N) is 1. The molecule has 150 valence electrons. The Hall–Kier alpha value is -3.13. The third-order valence-electron chi connectivity index (χ3n) is 5.06. The third kappa shape index (κ3) is 3.63. The van der Waals surface area contributed by atoms with E-state index in [1.165, 1.54) is 12.1 Å². The fourth-order valence-electron chi connectivity index (χ4n) is 3.61. The highest BCUT2D eigenvalue weighted by molar-refractivity contribution is 7.94. The number of amides is 2. The predicted molar refractivity (Wildman–Crippen MR) is 111 cm³/mol. The van der Waals surface area contributed by atoms with Crippen LogP contribution < -0.4 is 9.62 Å². The lowest BCUT2D eigenvalue weighted by molar-refractivity contribution is -0.119. The van der Waals surface area contributed by atoms with Crippen LogP contribution in [0.4, 0.5) is 5.69 Å². The van der Waals surface area contributed by atoms with Crippen molar-refractivity contribution in [3.63, 3.8) is 0 Å². The lowest BCUT2D eigenvalue weighted by Crippen LogP contribution is -2.31. The highest BCUT2D eigenvalue weighted by Crippen LogP contribution is 2.28. The normalized spacial score (nSPS) is 18.3. The molecule has 2 amide bonds. The minimum Gasteiger partial charge on any atom is -0.361 e. The molecule has 1 aromatic heterocycles. The van der Waals surface area contributed by atoms with Gasteiger partial charge in [0.15, 0.2) is 0 Å². The maximum atomic E-state index is 12.5. The number of rotatable bonds is 5. The topological polar surface area (TPSA) is 99.3 Å². The summed E-state index contributed by atoms with van der Waals surface area (Å²) in [6.07, 6.45) is 2.59. The Morgan fingerprint density at radius 1 is 1.21 bits per heavy atom. The van der Waals surface area contributed by atoms with Crippen LogP contribution in [0.1, 0.15) is 22.8 Å². The summed E-state index contributed by atoms with van der Waals surface area (Å²) in [5.41, 5.74) is 2.66. The van der Waals surface area contributed by atoms with Crippen molar-refractivity contribution in [1.82, 2.24) is 10.3 Å². The summed E-state index contributed by atoms with van der Waals surface area (Å²) in [4.78, 5) is 28.0. The number of nitrogens with one attached hydrogen (secondary N) is 2. The van der Waals surface area contributed by atoms with Gasteiger partial charge in [-0.2, -0.15) is 0 Å². The molecular formula is C21H21N3O4S. The molecule has 2 aromatic carbocycles. The monoisotopic (exact) mass is 411 g/mol. The maximum Gasteiger partial charge on any atom is 0.251 e. The van der Waals surface area contributed by atoms with Crippen molar-refractivity contribution in [2.75, 3.05) is 16.6 Å². The molecule has 1 aliphatic heterocycles. The van der Waals surface area contributed by atoms with Crippen molar-refractivity contribution >= 4 is 38.4 Å². The molecule has 1 saturated heterocycles. The van der Waals surface area contributed by atoms with Crippen LogP contribution in [0.2, 0.25) is 0 Å². The molecule has 0 saturated carbocycles. The predicted octanol–water partition coefficient (Wildman–Crippen LogP) is 2.45. The first-order chi connectivity index (χ1) is 13.9. The number of hydrogen-bond acceptors (Lipinski definition) is 4. The van der Waals surface area contributed by atoms with Gasteiger partial charge in [0.1, 0.15) is 0 Å². The molecule has 1 atom stereocenters. The molecule has 0 radical (unpaired) electrons. The first-order valence-corrected chi connectivity index (χ1v) is 11.0. The molecule has 0 aliphatic carbocycles. The van der Waals surface area contributed by atoms with E-state index >= 15 is 0 Å². The van der Waals surface area contributed by atoms with Crippen molar-refractivity contribution in [1.29, 1.82) is 0 Å². The molecule has 2 N–H and O–H groups in total. The van der Waals surface area contributed by atoms with Gasteiger partial charge < -0.3 is 10.3 Å².